The first-order valence-corrected chi connectivity index (χ1v) is 8.06. The number of benzene rings is 1. The van der Waals surface area contributed by atoms with E-state index in [1.165, 1.54) is 16.8 Å². The minimum Gasteiger partial charge on any atom is -0.385 e. The van der Waals surface area contributed by atoms with Crippen molar-refractivity contribution in [1.29, 1.82) is 0 Å². The number of aromatic nitrogens is 2. The molecule has 1 unspecified atom stereocenters. The number of hydrogen-bond donors (Lipinski definition) is 4. The lowest BCUT2D eigenvalue weighted by Crippen LogP contribution is -2.51. The predicted molar refractivity (Wildman–Crippen MR) is 92.9 cm³/mol. The second-order valence-electron chi connectivity index (χ2n) is 6.34. The van der Waals surface area contributed by atoms with Crippen molar-refractivity contribution in [2.45, 2.75) is 25.4 Å². The number of hydrogen-bond acceptors (Lipinski definition) is 7. The van der Waals surface area contributed by atoms with Crippen LogP contribution in [0.2, 0.25) is 0 Å². The minimum atomic E-state index is -1.01. The molecular weight excluding hydrogens is 302 g/mol. The maximum atomic E-state index is 6.31. The fraction of sp³-hybridized carbons (Fsp3) is 0.294. The van der Waals surface area contributed by atoms with Crippen LogP contribution in [0, 0.1) is 6.92 Å². The molecule has 24 heavy (non-hydrogen) atoms. The highest BCUT2D eigenvalue weighted by molar-refractivity contribution is 5.65. The van der Waals surface area contributed by atoms with E-state index in [1.807, 2.05) is 6.07 Å². The average Bonchev–Trinajstić information content (AvgIpc) is 2.94. The summed E-state index contributed by atoms with van der Waals surface area (Å²) < 4.78 is 0. The Labute approximate surface area is 140 Å². The standard InChI is InChI=1S/C17H21N7/c1-11-4-5-13-12(9-11)3-2-8-24(13)15-6-7-20-16(21-15)17(19)10-14(18)22-23-17/h4-7,9-10,22-23H,2-3,8,18-19H2,1H3. The summed E-state index contributed by atoms with van der Waals surface area (Å²) in [7, 11) is 0. The lowest BCUT2D eigenvalue weighted by molar-refractivity contribution is 0.404. The highest BCUT2D eigenvalue weighted by Crippen LogP contribution is 2.33. The van der Waals surface area contributed by atoms with Gasteiger partial charge in [0.05, 0.1) is 0 Å². The molecule has 0 bridgehead atoms. The number of nitrogens with zero attached hydrogens (tertiary/aromatic N) is 3. The van der Waals surface area contributed by atoms with E-state index in [4.69, 9.17) is 16.5 Å². The van der Waals surface area contributed by atoms with Gasteiger partial charge in [-0.3, -0.25) is 0 Å². The predicted octanol–water partition coefficient (Wildman–Crippen LogP) is 0.889. The lowest BCUT2D eigenvalue weighted by atomic mass is 9.99. The van der Waals surface area contributed by atoms with Gasteiger partial charge in [0.15, 0.2) is 11.5 Å². The van der Waals surface area contributed by atoms with Gasteiger partial charge in [0.25, 0.3) is 0 Å². The molecule has 0 radical (unpaired) electrons. The molecule has 124 valence electrons. The molecule has 7 nitrogen and oxygen atoms in total. The zero-order valence-electron chi connectivity index (χ0n) is 13.6. The van der Waals surface area contributed by atoms with Crippen molar-refractivity contribution in [3.63, 3.8) is 0 Å². The van der Waals surface area contributed by atoms with Crippen LogP contribution in [0.5, 0.6) is 0 Å². The molecule has 0 amide bonds. The number of fused-ring (bicyclic) bond motifs is 1. The van der Waals surface area contributed by atoms with Crippen molar-refractivity contribution in [3.05, 3.63) is 59.3 Å². The Morgan fingerprint density at radius 2 is 2.17 bits per heavy atom. The third kappa shape index (κ3) is 2.47. The molecule has 3 heterocycles. The van der Waals surface area contributed by atoms with Gasteiger partial charge in [0.2, 0.25) is 0 Å². The van der Waals surface area contributed by atoms with E-state index in [-0.39, 0.29) is 0 Å². The number of anilines is 2. The van der Waals surface area contributed by atoms with E-state index >= 15 is 0 Å². The highest BCUT2D eigenvalue weighted by Gasteiger charge is 2.33. The lowest BCUT2D eigenvalue weighted by Gasteiger charge is -2.31. The molecule has 6 N–H and O–H groups in total. The van der Waals surface area contributed by atoms with Gasteiger partial charge in [0, 0.05) is 24.5 Å². The van der Waals surface area contributed by atoms with E-state index in [0.717, 1.165) is 25.2 Å². The topological polar surface area (TPSA) is 105 Å². The first-order chi connectivity index (χ1) is 11.5. The first kappa shape index (κ1) is 14.9. The Morgan fingerprint density at radius 1 is 1.29 bits per heavy atom. The number of hydrazine groups is 1. The SMILES string of the molecule is Cc1ccc2c(c1)CCCN2c1ccnc(C2(N)C=C(N)NN2)n1. The molecule has 0 saturated heterocycles. The van der Waals surface area contributed by atoms with E-state index in [9.17, 15) is 0 Å². The largest absolute Gasteiger partial charge is 0.385 e. The van der Waals surface area contributed by atoms with Crippen molar-refractivity contribution >= 4 is 11.5 Å². The Hall–Kier alpha value is -2.64. The van der Waals surface area contributed by atoms with Gasteiger partial charge < -0.3 is 21.8 Å². The Bertz CT molecular complexity index is 816. The third-order valence-electron chi connectivity index (χ3n) is 4.44. The van der Waals surface area contributed by atoms with Crippen LogP contribution in [-0.4, -0.2) is 16.5 Å². The zero-order chi connectivity index (χ0) is 16.7. The summed E-state index contributed by atoms with van der Waals surface area (Å²) in [4.78, 5) is 11.2. The van der Waals surface area contributed by atoms with Gasteiger partial charge >= 0.3 is 0 Å². The summed E-state index contributed by atoms with van der Waals surface area (Å²) in [5.41, 5.74) is 20.6. The summed E-state index contributed by atoms with van der Waals surface area (Å²) in [5, 5.41) is 0. The Morgan fingerprint density at radius 3 is 2.96 bits per heavy atom. The molecule has 7 heteroatoms. The highest BCUT2D eigenvalue weighted by atomic mass is 15.5. The maximum Gasteiger partial charge on any atom is 0.171 e. The Kier molecular flexibility index (Phi) is 3.40. The van der Waals surface area contributed by atoms with Crippen molar-refractivity contribution < 1.29 is 0 Å². The van der Waals surface area contributed by atoms with Crippen LogP contribution in [0.25, 0.3) is 0 Å². The van der Waals surface area contributed by atoms with Crippen LogP contribution >= 0.6 is 0 Å². The van der Waals surface area contributed by atoms with Crippen LogP contribution in [-0.2, 0) is 12.1 Å². The summed E-state index contributed by atoms with van der Waals surface area (Å²) in [6, 6.07) is 8.46. The van der Waals surface area contributed by atoms with Crippen molar-refractivity contribution in [1.82, 2.24) is 20.8 Å². The van der Waals surface area contributed by atoms with Crippen LogP contribution in [0.15, 0.2) is 42.4 Å². The van der Waals surface area contributed by atoms with Gasteiger partial charge in [-0.1, -0.05) is 17.7 Å². The molecule has 1 atom stereocenters. The van der Waals surface area contributed by atoms with Crippen molar-refractivity contribution in [2.24, 2.45) is 11.5 Å². The second-order valence-corrected chi connectivity index (χ2v) is 6.34. The van der Waals surface area contributed by atoms with Gasteiger partial charge in [0.1, 0.15) is 11.6 Å². The quantitative estimate of drug-likeness (QED) is 0.650. The van der Waals surface area contributed by atoms with E-state index < -0.39 is 5.66 Å². The molecule has 0 aliphatic carbocycles. The molecule has 1 aromatic carbocycles. The molecule has 2 aliphatic rings. The number of aryl methyl sites for hydroxylation is 2. The number of nitrogens with two attached hydrogens (primary N) is 2. The average molecular weight is 323 g/mol. The van der Waals surface area contributed by atoms with Gasteiger partial charge in [-0.2, -0.15) is 0 Å². The smallest absolute Gasteiger partial charge is 0.171 e. The maximum absolute atomic E-state index is 6.31. The van der Waals surface area contributed by atoms with Crippen LogP contribution in [0.4, 0.5) is 11.5 Å². The molecule has 0 fully saturated rings. The van der Waals surface area contributed by atoms with Crippen LogP contribution in [0.3, 0.4) is 0 Å². The van der Waals surface area contributed by atoms with Gasteiger partial charge in [-0.25, -0.2) is 15.4 Å². The fourth-order valence-electron chi connectivity index (χ4n) is 3.28. The Balaban J connectivity index is 1.73. The molecule has 4 rings (SSSR count). The summed E-state index contributed by atoms with van der Waals surface area (Å²) in [5.74, 6) is 1.78. The molecule has 2 aliphatic heterocycles. The molecule has 0 spiro atoms. The molecule has 0 saturated carbocycles. The van der Waals surface area contributed by atoms with E-state index in [2.05, 4.69) is 45.9 Å². The molecule has 2 aromatic rings. The molecular formula is C17H21N7. The summed E-state index contributed by atoms with van der Waals surface area (Å²) in [6.45, 7) is 3.05. The van der Waals surface area contributed by atoms with Crippen molar-refractivity contribution in [2.75, 3.05) is 11.4 Å². The number of rotatable bonds is 2. The van der Waals surface area contributed by atoms with E-state index in [1.54, 1.807) is 12.3 Å². The first-order valence-electron chi connectivity index (χ1n) is 8.06. The molecule has 1 aromatic heterocycles. The third-order valence-corrected chi connectivity index (χ3v) is 4.44. The monoisotopic (exact) mass is 323 g/mol. The number of nitrogens with one attached hydrogen (secondary N) is 2. The summed E-state index contributed by atoms with van der Waals surface area (Å²) >= 11 is 0. The van der Waals surface area contributed by atoms with Gasteiger partial charge in [-0.05, 0) is 37.5 Å². The zero-order valence-corrected chi connectivity index (χ0v) is 13.6. The second kappa shape index (κ2) is 5.47. The van der Waals surface area contributed by atoms with Crippen LogP contribution < -0.4 is 27.2 Å². The van der Waals surface area contributed by atoms with Crippen molar-refractivity contribution in [3.8, 4) is 0 Å². The summed E-state index contributed by atoms with van der Waals surface area (Å²) in [6.07, 6.45) is 5.60. The normalized spacial score (nSPS) is 22.8. The fourth-order valence-corrected chi connectivity index (χ4v) is 3.28. The van der Waals surface area contributed by atoms with Gasteiger partial charge in [-0.15, -0.1) is 0 Å². The van der Waals surface area contributed by atoms with E-state index in [0.29, 0.717) is 11.6 Å². The minimum absolute atomic E-state index is 0.463. The van der Waals surface area contributed by atoms with Crippen LogP contribution in [0.1, 0.15) is 23.4 Å².